The van der Waals surface area contributed by atoms with Gasteiger partial charge >= 0.3 is 11.8 Å². The van der Waals surface area contributed by atoms with Crippen molar-refractivity contribution >= 4 is 29.1 Å². The smallest absolute Gasteiger partial charge is 0.313 e. The van der Waals surface area contributed by atoms with Crippen molar-refractivity contribution < 1.29 is 14.3 Å². The van der Waals surface area contributed by atoms with Crippen LogP contribution in [0.25, 0.3) is 0 Å². The van der Waals surface area contributed by atoms with Crippen LogP contribution in [0.4, 0.5) is 5.69 Å². The SMILES string of the molecule is COc1ccc(Cl)cc1NC(=O)C(=O)NC1CC1. The predicted octanol–water partition coefficient (Wildman–Crippen LogP) is 1.57. The molecule has 0 aliphatic heterocycles. The monoisotopic (exact) mass is 268 g/mol. The van der Waals surface area contributed by atoms with E-state index in [1.54, 1.807) is 12.1 Å². The van der Waals surface area contributed by atoms with Crippen LogP contribution in [0.2, 0.25) is 5.02 Å². The fourth-order valence-corrected chi connectivity index (χ4v) is 1.61. The van der Waals surface area contributed by atoms with Crippen molar-refractivity contribution in [1.82, 2.24) is 5.32 Å². The zero-order valence-electron chi connectivity index (χ0n) is 9.83. The number of carbonyl (C=O) groups excluding carboxylic acids is 2. The average Bonchev–Trinajstić information content (AvgIpc) is 3.13. The molecule has 0 saturated heterocycles. The molecule has 0 radical (unpaired) electrons. The van der Waals surface area contributed by atoms with Gasteiger partial charge in [-0.25, -0.2) is 0 Å². The molecule has 96 valence electrons. The van der Waals surface area contributed by atoms with Gasteiger partial charge in [0.05, 0.1) is 12.8 Å². The molecular weight excluding hydrogens is 256 g/mol. The van der Waals surface area contributed by atoms with Gasteiger partial charge < -0.3 is 15.4 Å². The quantitative estimate of drug-likeness (QED) is 0.818. The molecule has 2 rings (SSSR count). The molecule has 0 bridgehead atoms. The Morgan fingerprint density at radius 2 is 2.06 bits per heavy atom. The van der Waals surface area contributed by atoms with E-state index in [0.29, 0.717) is 16.5 Å². The second-order valence-electron chi connectivity index (χ2n) is 4.05. The van der Waals surface area contributed by atoms with Gasteiger partial charge in [-0.3, -0.25) is 9.59 Å². The van der Waals surface area contributed by atoms with Crippen LogP contribution in [0, 0.1) is 0 Å². The first kappa shape index (κ1) is 12.7. The highest BCUT2D eigenvalue weighted by molar-refractivity contribution is 6.40. The molecular formula is C12H13ClN2O3. The number of anilines is 1. The maximum atomic E-state index is 11.6. The lowest BCUT2D eigenvalue weighted by molar-refractivity contribution is -0.136. The summed E-state index contributed by atoms with van der Waals surface area (Å²) in [4.78, 5) is 23.1. The van der Waals surface area contributed by atoms with Gasteiger partial charge in [0.25, 0.3) is 0 Å². The summed E-state index contributed by atoms with van der Waals surface area (Å²) in [6.45, 7) is 0. The van der Waals surface area contributed by atoms with E-state index in [-0.39, 0.29) is 6.04 Å². The first-order valence-electron chi connectivity index (χ1n) is 5.55. The summed E-state index contributed by atoms with van der Waals surface area (Å²) in [5.74, 6) is -0.908. The molecule has 0 atom stereocenters. The number of rotatable bonds is 3. The van der Waals surface area contributed by atoms with E-state index < -0.39 is 11.8 Å². The number of hydrogen-bond donors (Lipinski definition) is 2. The Morgan fingerprint density at radius 3 is 2.67 bits per heavy atom. The minimum absolute atomic E-state index is 0.143. The Kier molecular flexibility index (Phi) is 3.72. The number of amides is 2. The molecule has 2 amide bonds. The van der Waals surface area contributed by atoms with Gasteiger partial charge in [-0.1, -0.05) is 11.6 Å². The highest BCUT2D eigenvalue weighted by Crippen LogP contribution is 2.27. The number of benzene rings is 1. The third-order valence-electron chi connectivity index (χ3n) is 2.53. The lowest BCUT2D eigenvalue weighted by atomic mass is 10.3. The van der Waals surface area contributed by atoms with E-state index in [1.165, 1.54) is 13.2 Å². The van der Waals surface area contributed by atoms with Crippen molar-refractivity contribution in [3.8, 4) is 5.75 Å². The first-order valence-corrected chi connectivity index (χ1v) is 5.93. The van der Waals surface area contributed by atoms with Gasteiger partial charge in [-0.15, -0.1) is 0 Å². The Balaban J connectivity index is 2.05. The standard InChI is InChI=1S/C12H13ClN2O3/c1-18-10-5-2-7(13)6-9(10)15-12(17)11(16)14-8-3-4-8/h2,5-6,8H,3-4H2,1H3,(H,14,16)(H,15,17). The summed E-state index contributed by atoms with van der Waals surface area (Å²) < 4.78 is 5.07. The zero-order valence-corrected chi connectivity index (χ0v) is 10.6. The van der Waals surface area contributed by atoms with E-state index in [0.717, 1.165) is 12.8 Å². The Hall–Kier alpha value is -1.75. The third kappa shape index (κ3) is 3.13. The van der Waals surface area contributed by atoms with Crippen molar-refractivity contribution in [2.24, 2.45) is 0 Å². The topological polar surface area (TPSA) is 67.4 Å². The van der Waals surface area contributed by atoms with Crippen LogP contribution in [-0.4, -0.2) is 25.0 Å². The summed E-state index contributed by atoms with van der Waals surface area (Å²) in [5.41, 5.74) is 0.376. The van der Waals surface area contributed by atoms with Crippen molar-refractivity contribution in [3.05, 3.63) is 23.2 Å². The van der Waals surface area contributed by atoms with Crippen LogP contribution in [0.5, 0.6) is 5.75 Å². The zero-order chi connectivity index (χ0) is 13.1. The minimum atomic E-state index is -0.720. The summed E-state index contributed by atoms with van der Waals surface area (Å²) in [6.07, 6.45) is 1.86. The number of hydrogen-bond acceptors (Lipinski definition) is 3. The molecule has 1 fully saturated rings. The summed E-state index contributed by atoms with van der Waals surface area (Å²) in [6, 6.07) is 4.93. The molecule has 1 saturated carbocycles. The van der Waals surface area contributed by atoms with Crippen LogP contribution in [0.1, 0.15) is 12.8 Å². The lowest BCUT2D eigenvalue weighted by Gasteiger charge is -2.10. The second-order valence-corrected chi connectivity index (χ2v) is 4.48. The highest BCUT2D eigenvalue weighted by atomic mass is 35.5. The number of carbonyl (C=O) groups is 2. The molecule has 5 nitrogen and oxygen atoms in total. The van der Waals surface area contributed by atoms with E-state index >= 15 is 0 Å². The van der Waals surface area contributed by atoms with Gasteiger partial charge in [-0.05, 0) is 31.0 Å². The Bertz CT molecular complexity index is 486. The van der Waals surface area contributed by atoms with Crippen LogP contribution >= 0.6 is 11.6 Å². The van der Waals surface area contributed by atoms with Crippen molar-refractivity contribution in [1.29, 1.82) is 0 Å². The average molecular weight is 269 g/mol. The maximum Gasteiger partial charge on any atom is 0.313 e. The molecule has 2 N–H and O–H groups in total. The number of nitrogens with one attached hydrogen (secondary N) is 2. The van der Waals surface area contributed by atoms with Gasteiger partial charge in [0.2, 0.25) is 0 Å². The number of halogens is 1. The van der Waals surface area contributed by atoms with Gasteiger partial charge in [0.1, 0.15) is 5.75 Å². The summed E-state index contributed by atoms with van der Waals surface area (Å²) >= 11 is 5.82. The normalized spacial score (nSPS) is 13.9. The highest BCUT2D eigenvalue weighted by Gasteiger charge is 2.26. The van der Waals surface area contributed by atoms with Crippen LogP contribution in [0.15, 0.2) is 18.2 Å². The number of methoxy groups -OCH3 is 1. The first-order chi connectivity index (χ1) is 8.60. The molecule has 0 heterocycles. The van der Waals surface area contributed by atoms with Gasteiger partial charge in [0, 0.05) is 11.1 Å². The summed E-state index contributed by atoms with van der Waals surface area (Å²) in [7, 11) is 1.48. The molecule has 18 heavy (non-hydrogen) atoms. The van der Waals surface area contributed by atoms with Gasteiger partial charge in [0.15, 0.2) is 0 Å². The minimum Gasteiger partial charge on any atom is -0.495 e. The lowest BCUT2D eigenvalue weighted by Crippen LogP contribution is -2.36. The predicted molar refractivity (Wildman–Crippen MR) is 67.8 cm³/mol. The fraction of sp³-hybridized carbons (Fsp3) is 0.333. The largest absolute Gasteiger partial charge is 0.495 e. The van der Waals surface area contributed by atoms with E-state index in [1.807, 2.05) is 0 Å². The number of ether oxygens (including phenoxy) is 1. The molecule has 1 aliphatic rings. The molecule has 1 aromatic carbocycles. The van der Waals surface area contributed by atoms with Gasteiger partial charge in [-0.2, -0.15) is 0 Å². The molecule has 0 unspecified atom stereocenters. The molecule has 0 spiro atoms. The Morgan fingerprint density at radius 1 is 1.33 bits per heavy atom. The van der Waals surface area contributed by atoms with E-state index in [4.69, 9.17) is 16.3 Å². The third-order valence-corrected chi connectivity index (χ3v) is 2.76. The summed E-state index contributed by atoms with van der Waals surface area (Å²) in [5, 5.41) is 5.53. The van der Waals surface area contributed by atoms with Crippen molar-refractivity contribution in [2.45, 2.75) is 18.9 Å². The second kappa shape index (κ2) is 5.27. The molecule has 1 aromatic rings. The maximum absolute atomic E-state index is 11.6. The van der Waals surface area contributed by atoms with Crippen molar-refractivity contribution in [3.63, 3.8) is 0 Å². The Labute approximate surface area is 109 Å². The van der Waals surface area contributed by atoms with Crippen LogP contribution in [0.3, 0.4) is 0 Å². The van der Waals surface area contributed by atoms with Crippen LogP contribution in [-0.2, 0) is 9.59 Å². The van der Waals surface area contributed by atoms with Crippen molar-refractivity contribution in [2.75, 3.05) is 12.4 Å². The van der Waals surface area contributed by atoms with E-state index in [9.17, 15) is 9.59 Å². The molecule has 0 aromatic heterocycles. The van der Waals surface area contributed by atoms with E-state index in [2.05, 4.69) is 10.6 Å². The molecule has 1 aliphatic carbocycles. The molecule has 6 heteroatoms. The van der Waals surface area contributed by atoms with Crippen LogP contribution < -0.4 is 15.4 Å². The fourth-order valence-electron chi connectivity index (χ4n) is 1.44.